The Morgan fingerprint density at radius 3 is 3.10 bits per heavy atom. The van der Waals surface area contributed by atoms with Crippen LogP contribution in [0.25, 0.3) is 0 Å². The molecule has 0 bridgehead atoms. The molecule has 2 aromatic rings. The minimum absolute atomic E-state index is 0.0585. The molecule has 0 aliphatic carbocycles. The first-order chi connectivity index (χ1) is 10.3. The number of carbonyl (C=O) groups excluding carboxylic acids is 1. The third-order valence-corrected chi connectivity index (χ3v) is 4.09. The van der Waals surface area contributed by atoms with Crippen molar-refractivity contribution in [2.75, 3.05) is 18.5 Å². The lowest BCUT2D eigenvalue weighted by atomic mass is 10.1. The summed E-state index contributed by atoms with van der Waals surface area (Å²) in [5.41, 5.74) is 4.09. The average molecular weight is 280 g/mol. The molecule has 21 heavy (non-hydrogen) atoms. The van der Waals surface area contributed by atoms with Crippen molar-refractivity contribution in [3.8, 4) is 5.75 Å². The van der Waals surface area contributed by atoms with Crippen molar-refractivity contribution in [3.63, 3.8) is 0 Å². The average Bonchev–Trinajstić information content (AvgIpc) is 3.13. The first-order valence-electron chi connectivity index (χ1n) is 7.21. The predicted molar refractivity (Wildman–Crippen MR) is 80.8 cm³/mol. The van der Waals surface area contributed by atoms with Crippen LogP contribution in [0.1, 0.15) is 27.5 Å². The SMILES string of the molecule is O=C(NC1COc2ccccc21)c1ccc2c(c1)NCC2. The van der Waals surface area contributed by atoms with E-state index < -0.39 is 0 Å². The van der Waals surface area contributed by atoms with Crippen molar-refractivity contribution < 1.29 is 9.53 Å². The smallest absolute Gasteiger partial charge is 0.251 e. The highest BCUT2D eigenvalue weighted by Crippen LogP contribution is 2.32. The Hall–Kier alpha value is -2.49. The van der Waals surface area contributed by atoms with Gasteiger partial charge in [0.2, 0.25) is 0 Å². The van der Waals surface area contributed by atoms with E-state index in [1.54, 1.807) is 0 Å². The van der Waals surface area contributed by atoms with Crippen LogP contribution in [0.2, 0.25) is 0 Å². The van der Waals surface area contributed by atoms with Gasteiger partial charge in [0.05, 0.1) is 6.04 Å². The summed E-state index contributed by atoms with van der Waals surface area (Å²) >= 11 is 0. The third kappa shape index (κ3) is 2.13. The topological polar surface area (TPSA) is 50.4 Å². The largest absolute Gasteiger partial charge is 0.491 e. The number of carbonyl (C=O) groups is 1. The van der Waals surface area contributed by atoms with E-state index in [1.807, 2.05) is 42.5 Å². The van der Waals surface area contributed by atoms with Crippen LogP contribution in [0.5, 0.6) is 5.75 Å². The highest BCUT2D eigenvalue weighted by Gasteiger charge is 2.25. The molecule has 2 aliphatic rings. The van der Waals surface area contributed by atoms with Gasteiger partial charge < -0.3 is 15.4 Å². The van der Waals surface area contributed by atoms with E-state index >= 15 is 0 Å². The number of nitrogens with one attached hydrogen (secondary N) is 2. The van der Waals surface area contributed by atoms with Crippen LogP contribution in [0, 0.1) is 0 Å². The molecule has 0 fully saturated rings. The van der Waals surface area contributed by atoms with Gasteiger partial charge >= 0.3 is 0 Å². The number of amides is 1. The molecule has 0 aromatic heterocycles. The molecule has 2 aliphatic heterocycles. The van der Waals surface area contributed by atoms with Crippen molar-refractivity contribution >= 4 is 11.6 Å². The summed E-state index contributed by atoms with van der Waals surface area (Å²) < 4.78 is 5.59. The molecule has 0 spiro atoms. The van der Waals surface area contributed by atoms with Crippen LogP contribution in [0.15, 0.2) is 42.5 Å². The van der Waals surface area contributed by atoms with Gasteiger partial charge in [-0.1, -0.05) is 24.3 Å². The van der Waals surface area contributed by atoms with E-state index in [-0.39, 0.29) is 11.9 Å². The minimum Gasteiger partial charge on any atom is -0.491 e. The van der Waals surface area contributed by atoms with Gasteiger partial charge in [-0.25, -0.2) is 0 Å². The molecule has 4 heteroatoms. The van der Waals surface area contributed by atoms with Gasteiger partial charge in [-0.05, 0) is 30.2 Å². The van der Waals surface area contributed by atoms with Gasteiger partial charge in [0.1, 0.15) is 12.4 Å². The molecule has 2 aromatic carbocycles. The van der Waals surface area contributed by atoms with Gasteiger partial charge in [0.15, 0.2) is 0 Å². The molecule has 4 nitrogen and oxygen atoms in total. The van der Waals surface area contributed by atoms with E-state index in [9.17, 15) is 4.79 Å². The minimum atomic E-state index is -0.0742. The maximum absolute atomic E-state index is 12.4. The number of anilines is 1. The first-order valence-corrected chi connectivity index (χ1v) is 7.21. The van der Waals surface area contributed by atoms with Crippen molar-refractivity contribution in [2.45, 2.75) is 12.5 Å². The molecule has 4 rings (SSSR count). The number of hydrogen-bond donors (Lipinski definition) is 2. The predicted octanol–water partition coefficient (Wildman–Crippen LogP) is 2.52. The second kappa shape index (κ2) is 4.81. The van der Waals surface area contributed by atoms with Crippen molar-refractivity contribution in [3.05, 3.63) is 59.2 Å². The fraction of sp³-hybridized carbons (Fsp3) is 0.235. The van der Waals surface area contributed by atoms with Gasteiger partial charge in [0.25, 0.3) is 5.91 Å². The monoisotopic (exact) mass is 280 g/mol. The zero-order valence-corrected chi connectivity index (χ0v) is 11.6. The first kappa shape index (κ1) is 12.3. The van der Waals surface area contributed by atoms with Crippen LogP contribution in [-0.2, 0) is 6.42 Å². The normalized spacial score (nSPS) is 18.4. The van der Waals surface area contributed by atoms with Gasteiger partial charge in [-0.3, -0.25) is 4.79 Å². The fourth-order valence-electron chi connectivity index (χ4n) is 2.96. The van der Waals surface area contributed by atoms with Crippen LogP contribution < -0.4 is 15.4 Å². The lowest BCUT2D eigenvalue weighted by Crippen LogP contribution is -2.29. The van der Waals surface area contributed by atoms with E-state index in [4.69, 9.17) is 4.74 Å². The summed E-state index contributed by atoms with van der Waals surface area (Å²) in [4.78, 5) is 12.4. The summed E-state index contributed by atoms with van der Waals surface area (Å²) in [6.07, 6.45) is 1.03. The lowest BCUT2D eigenvalue weighted by molar-refractivity contribution is 0.0930. The van der Waals surface area contributed by atoms with E-state index in [2.05, 4.69) is 10.6 Å². The Balaban J connectivity index is 1.54. The molecule has 2 heterocycles. The maximum atomic E-state index is 12.4. The van der Waals surface area contributed by atoms with Crippen molar-refractivity contribution in [1.82, 2.24) is 5.32 Å². The third-order valence-electron chi connectivity index (χ3n) is 4.09. The summed E-state index contributed by atoms with van der Waals surface area (Å²) in [6, 6.07) is 13.6. The zero-order chi connectivity index (χ0) is 14.2. The number of benzene rings is 2. The molecule has 1 amide bonds. The summed E-state index contributed by atoms with van der Waals surface area (Å²) in [6.45, 7) is 1.44. The van der Waals surface area contributed by atoms with E-state index in [0.29, 0.717) is 12.2 Å². The molecule has 1 unspecified atom stereocenters. The Labute approximate surface area is 123 Å². The Kier molecular flexibility index (Phi) is 2.81. The number of para-hydroxylation sites is 1. The summed E-state index contributed by atoms with van der Waals surface area (Å²) in [5.74, 6) is 0.801. The molecule has 2 N–H and O–H groups in total. The molecule has 106 valence electrons. The molecule has 0 saturated heterocycles. The highest BCUT2D eigenvalue weighted by molar-refractivity contribution is 5.95. The lowest BCUT2D eigenvalue weighted by Gasteiger charge is -2.12. The quantitative estimate of drug-likeness (QED) is 0.888. The molecule has 0 radical (unpaired) electrons. The highest BCUT2D eigenvalue weighted by atomic mass is 16.5. The Morgan fingerprint density at radius 1 is 1.24 bits per heavy atom. The van der Waals surface area contributed by atoms with Crippen molar-refractivity contribution in [2.24, 2.45) is 0 Å². The van der Waals surface area contributed by atoms with Gasteiger partial charge in [0, 0.05) is 23.4 Å². The fourth-order valence-corrected chi connectivity index (χ4v) is 2.96. The standard InChI is InChI=1S/C17H16N2O2/c20-17(12-6-5-11-7-8-18-14(11)9-12)19-15-10-21-16-4-2-1-3-13(15)16/h1-6,9,15,18H,7-8,10H2,(H,19,20). The number of ether oxygens (including phenoxy) is 1. The Bertz CT molecular complexity index is 712. The van der Waals surface area contributed by atoms with Crippen LogP contribution in [-0.4, -0.2) is 19.1 Å². The van der Waals surface area contributed by atoms with Gasteiger partial charge in [-0.15, -0.1) is 0 Å². The molecular weight excluding hydrogens is 264 g/mol. The second-order valence-electron chi connectivity index (χ2n) is 5.42. The van der Waals surface area contributed by atoms with Gasteiger partial charge in [-0.2, -0.15) is 0 Å². The van der Waals surface area contributed by atoms with Crippen LogP contribution in [0.4, 0.5) is 5.69 Å². The number of rotatable bonds is 2. The zero-order valence-electron chi connectivity index (χ0n) is 11.6. The summed E-state index contributed by atoms with van der Waals surface area (Å²) in [5, 5.41) is 6.35. The van der Waals surface area contributed by atoms with E-state index in [0.717, 1.165) is 30.0 Å². The van der Waals surface area contributed by atoms with E-state index in [1.165, 1.54) is 5.56 Å². The van der Waals surface area contributed by atoms with Crippen LogP contribution in [0.3, 0.4) is 0 Å². The molecule has 1 atom stereocenters. The second-order valence-corrected chi connectivity index (χ2v) is 5.42. The number of fused-ring (bicyclic) bond motifs is 2. The van der Waals surface area contributed by atoms with Crippen molar-refractivity contribution in [1.29, 1.82) is 0 Å². The Morgan fingerprint density at radius 2 is 2.14 bits per heavy atom. The molecular formula is C17H16N2O2. The molecule has 0 saturated carbocycles. The van der Waals surface area contributed by atoms with Crippen LogP contribution >= 0.6 is 0 Å². The number of hydrogen-bond acceptors (Lipinski definition) is 3. The summed E-state index contributed by atoms with van der Waals surface area (Å²) in [7, 11) is 0. The maximum Gasteiger partial charge on any atom is 0.251 e.